The molecule has 3 aromatic carbocycles. The van der Waals surface area contributed by atoms with Crippen LogP contribution in [0.25, 0.3) is 17.5 Å². The van der Waals surface area contributed by atoms with Crippen LogP contribution in [0.1, 0.15) is 11.1 Å². The lowest BCUT2D eigenvalue weighted by Crippen LogP contribution is -2.07. The summed E-state index contributed by atoms with van der Waals surface area (Å²) in [7, 11) is 1.88. The minimum absolute atomic E-state index is 0.202. The average Bonchev–Trinajstić information content (AvgIpc) is 3.18. The Kier molecular flexibility index (Phi) is 6.77. The molecule has 0 saturated heterocycles. The quantitative estimate of drug-likeness (QED) is 0.299. The Bertz CT molecular complexity index is 1240. The maximum Gasteiger partial charge on any atom is 0.248 e. The Morgan fingerprint density at radius 2 is 1.72 bits per heavy atom. The first kappa shape index (κ1) is 21.5. The molecule has 1 aromatic heterocycles. The molecule has 0 fully saturated rings. The fourth-order valence-corrected chi connectivity index (χ4v) is 3.97. The van der Waals surface area contributed by atoms with Crippen molar-refractivity contribution >= 4 is 29.4 Å². The van der Waals surface area contributed by atoms with Gasteiger partial charge in [0, 0.05) is 30.1 Å². The highest BCUT2D eigenvalue weighted by molar-refractivity contribution is 7.98. The fourth-order valence-electron chi connectivity index (χ4n) is 3.07. The summed E-state index contributed by atoms with van der Waals surface area (Å²) in [5.74, 6) is 0.744. The molecule has 0 aliphatic rings. The lowest BCUT2D eigenvalue weighted by molar-refractivity contribution is -0.111. The maximum atomic E-state index is 13.8. The lowest BCUT2D eigenvalue weighted by Gasteiger charge is -2.06. The van der Waals surface area contributed by atoms with Crippen LogP contribution in [0.15, 0.2) is 90.1 Å². The van der Waals surface area contributed by atoms with E-state index in [0.29, 0.717) is 28.0 Å². The smallest absolute Gasteiger partial charge is 0.248 e. The van der Waals surface area contributed by atoms with Crippen LogP contribution >= 0.6 is 11.8 Å². The van der Waals surface area contributed by atoms with Gasteiger partial charge in [0.2, 0.25) is 5.91 Å². The van der Waals surface area contributed by atoms with E-state index in [1.54, 1.807) is 18.2 Å². The second-order valence-corrected chi connectivity index (χ2v) is 8.00. The summed E-state index contributed by atoms with van der Waals surface area (Å²) in [5, 5.41) is 12.1. The van der Waals surface area contributed by atoms with E-state index in [2.05, 4.69) is 15.5 Å². The molecule has 1 amide bonds. The molecule has 32 heavy (non-hydrogen) atoms. The van der Waals surface area contributed by atoms with Gasteiger partial charge in [-0.15, -0.1) is 10.2 Å². The number of aromatic nitrogens is 3. The van der Waals surface area contributed by atoms with Crippen molar-refractivity contribution in [2.45, 2.75) is 10.9 Å². The zero-order valence-electron chi connectivity index (χ0n) is 17.4. The van der Waals surface area contributed by atoms with E-state index in [0.717, 1.165) is 11.1 Å². The van der Waals surface area contributed by atoms with Gasteiger partial charge in [0.1, 0.15) is 5.82 Å². The Morgan fingerprint density at radius 3 is 2.47 bits per heavy atom. The summed E-state index contributed by atoms with van der Waals surface area (Å²) in [4.78, 5) is 12.2. The van der Waals surface area contributed by atoms with E-state index in [9.17, 15) is 9.18 Å². The van der Waals surface area contributed by atoms with Crippen LogP contribution in [0, 0.1) is 5.82 Å². The minimum Gasteiger partial charge on any atom is -0.323 e. The monoisotopic (exact) mass is 444 g/mol. The second kappa shape index (κ2) is 10.1. The van der Waals surface area contributed by atoms with E-state index < -0.39 is 0 Å². The van der Waals surface area contributed by atoms with Crippen molar-refractivity contribution in [1.82, 2.24) is 14.8 Å². The van der Waals surface area contributed by atoms with E-state index in [1.165, 1.54) is 23.9 Å². The molecular formula is C25H21FN4OS. The zero-order valence-corrected chi connectivity index (χ0v) is 18.2. The fraction of sp³-hybridized carbons (Fsp3) is 0.0800. The number of benzene rings is 3. The van der Waals surface area contributed by atoms with Gasteiger partial charge in [0.05, 0.1) is 0 Å². The maximum absolute atomic E-state index is 13.8. The van der Waals surface area contributed by atoms with Crippen molar-refractivity contribution in [2.75, 3.05) is 5.32 Å². The third-order valence-corrected chi connectivity index (χ3v) is 5.86. The molecule has 0 unspecified atom stereocenters. The molecule has 1 N–H and O–H groups in total. The molecule has 0 saturated carbocycles. The van der Waals surface area contributed by atoms with Gasteiger partial charge in [-0.05, 0) is 47.5 Å². The first-order chi connectivity index (χ1) is 15.6. The normalized spacial score (nSPS) is 11.1. The van der Waals surface area contributed by atoms with Gasteiger partial charge in [0.15, 0.2) is 11.0 Å². The Morgan fingerprint density at radius 1 is 1.00 bits per heavy atom. The van der Waals surface area contributed by atoms with Crippen molar-refractivity contribution in [2.24, 2.45) is 7.05 Å². The highest BCUT2D eigenvalue weighted by Crippen LogP contribution is 2.26. The number of rotatable bonds is 7. The number of nitrogens with one attached hydrogen (secondary N) is 1. The number of nitrogens with zero attached hydrogens (tertiary/aromatic N) is 3. The summed E-state index contributed by atoms with van der Waals surface area (Å²) >= 11 is 1.43. The molecule has 7 heteroatoms. The van der Waals surface area contributed by atoms with Crippen LogP contribution < -0.4 is 5.32 Å². The first-order valence-corrected chi connectivity index (χ1v) is 11.0. The number of halogens is 1. The highest BCUT2D eigenvalue weighted by Gasteiger charge is 2.12. The standard InChI is InChI=1S/C25H21FN4OS/c1-30-24(28-29-25(30)32-17-20-9-5-6-10-22(20)26)19-12-14-21(15-13-19)27-23(31)16-11-18-7-3-2-4-8-18/h2-16H,17H2,1H3,(H,27,31). The molecule has 1 heterocycles. The van der Waals surface area contributed by atoms with Crippen LogP contribution in [0.5, 0.6) is 0 Å². The number of hydrogen-bond donors (Lipinski definition) is 1. The third-order valence-electron chi connectivity index (χ3n) is 4.79. The van der Waals surface area contributed by atoms with Gasteiger partial charge in [-0.3, -0.25) is 4.79 Å². The summed E-state index contributed by atoms with van der Waals surface area (Å²) in [6.07, 6.45) is 3.27. The Balaban J connectivity index is 1.39. The Labute approximate surface area is 190 Å². The molecule has 4 rings (SSSR count). The van der Waals surface area contributed by atoms with Crippen LogP contribution in [-0.4, -0.2) is 20.7 Å². The zero-order chi connectivity index (χ0) is 22.3. The number of carbonyl (C=O) groups is 1. The first-order valence-electron chi connectivity index (χ1n) is 10.0. The molecule has 0 aliphatic heterocycles. The predicted octanol–water partition coefficient (Wildman–Crippen LogP) is 5.57. The molecular weight excluding hydrogens is 423 g/mol. The number of anilines is 1. The SMILES string of the molecule is Cn1c(SCc2ccccc2F)nnc1-c1ccc(NC(=O)C=Cc2ccccc2)cc1. The molecule has 0 bridgehead atoms. The number of hydrogen-bond acceptors (Lipinski definition) is 4. The minimum atomic E-state index is -0.223. The van der Waals surface area contributed by atoms with E-state index in [1.807, 2.05) is 72.3 Å². The molecule has 0 atom stereocenters. The van der Waals surface area contributed by atoms with E-state index >= 15 is 0 Å². The molecule has 0 aliphatic carbocycles. The Hall–Kier alpha value is -3.71. The van der Waals surface area contributed by atoms with Crippen LogP contribution in [-0.2, 0) is 17.6 Å². The second-order valence-electron chi connectivity index (χ2n) is 7.06. The van der Waals surface area contributed by atoms with Crippen molar-refractivity contribution in [3.63, 3.8) is 0 Å². The largest absolute Gasteiger partial charge is 0.323 e. The lowest BCUT2D eigenvalue weighted by atomic mass is 10.2. The van der Waals surface area contributed by atoms with Gasteiger partial charge in [-0.1, -0.05) is 60.3 Å². The van der Waals surface area contributed by atoms with Gasteiger partial charge in [-0.2, -0.15) is 0 Å². The molecule has 160 valence electrons. The molecule has 0 spiro atoms. The van der Waals surface area contributed by atoms with Crippen LogP contribution in [0.2, 0.25) is 0 Å². The average molecular weight is 445 g/mol. The van der Waals surface area contributed by atoms with Gasteiger partial charge >= 0.3 is 0 Å². The van der Waals surface area contributed by atoms with Gasteiger partial charge in [-0.25, -0.2) is 4.39 Å². The number of carbonyl (C=O) groups excluding carboxylic acids is 1. The van der Waals surface area contributed by atoms with E-state index in [4.69, 9.17) is 0 Å². The highest BCUT2D eigenvalue weighted by atomic mass is 32.2. The summed E-state index contributed by atoms with van der Waals surface area (Å²) in [5.41, 5.74) is 3.15. The third kappa shape index (κ3) is 5.31. The number of amides is 1. The number of thioether (sulfide) groups is 1. The van der Waals surface area contributed by atoms with Crippen LogP contribution in [0.4, 0.5) is 10.1 Å². The molecule has 0 radical (unpaired) electrons. The molecule has 4 aromatic rings. The van der Waals surface area contributed by atoms with Crippen molar-refractivity contribution < 1.29 is 9.18 Å². The van der Waals surface area contributed by atoms with E-state index in [-0.39, 0.29) is 11.7 Å². The van der Waals surface area contributed by atoms with Crippen molar-refractivity contribution in [3.8, 4) is 11.4 Å². The topological polar surface area (TPSA) is 59.8 Å². The molecule has 5 nitrogen and oxygen atoms in total. The van der Waals surface area contributed by atoms with Crippen molar-refractivity contribution in [1.29, 1.82) is 0 Å². The summed E-state index contributed by atoms with van der Waals surface area (Å²) < 4.78 is 15.7. The summed E-state index contributed by atoms with van der Waals surface area (Å²) in [6.45, 7) is 0. The van der Waals surface area contributed by atoms with Gasteiger partial charge in [0.25, 0.3) is 0 Å². The van der Waals surface area contributed by atoms with Gasteiger partial charge < -0.3 is 9.88 Å². The van der Waals surface area contributed by atoms with Crippen molar-refractivity contribution in [3.05, 3.63) is 102 Å². The predicted molar refractivity (Wildman–Crippen MR) is 127 cm³/mol. The van der Waals surface area contributed by atoms with Crippen LogP contribution in [0.3, 0.4) is 0 Å². The summed E-state index contributed by atoms with van der Waals surface area (Å²) in [6, 6.07) is 23.8.